The van der Waals surface area contributed by atoms with Crippen LogP contribution in [0, 0.1) is 0 Å². The molecule has 0 radical (unpaired) electrons. The van der Waals surface area contributed by atoms with E-state index in [0.717, 1.165) is 41.9 Å². The van der Waals surface area contributed by atoms with Crippen LogP contribution in [0.3, 0.4) is 0 Å². The number of fused-ring (bicyclic) bond motifs is 1. The summed E-state index contributed by atoms with van der Waals surface area (Å²) in [6.45, 7) is 0. The van der Waals surface area contributed by atoms with Crippen molar-refractivity contribution in [3.05, 3.63) is 38.9 Å². The first kappa shape index (κ1) is 29.0. The molecule has 0 aromatic carbocycles. The van der Waals surface area contributed by atoms with E-state index < -0.39 is 29.2 Å². The second-order valence-electron chi connectivity index (χ2n) is 9.08. The Morgan fingerprint density at radius 1 is 1.24 bits per heavy atom. The van der Waals surface area contributed by atoms with Gasteiger partial charge in [-0.1, -0.05) is 39.9 Å². The van der Waals surface area contributed by atoms with Gasteiger partial charge in [-0.3, -0.25) is 14.5 Å². The highest BCUT2D eigenvalue weighted by atomic mass is 35.5. The summed E-state index contributed by atoms with van der Waals surface area (Å²) in [5, 5.41) is 18.2. The molecule has 8 N–H and O–H groups in total. The van der Waals surface area contributed by atoms with Crippen molar-refractivity contribution in [3.8, 4) is 0 Å². The van der Waals surface area contributed by atoms with Crippen molar-refractivity contribution in [3.63, 3.8) is 0 Å². The molecule has 2 amide bonds. The zero-order chi connectivity index (χ0) is 29.3. The minimum absolute atomic E-state index is 0.0143. The van der Waals surface area contributed by atoms with Gasteiger partial charge in [0.2, 0.25) is 5.95 Å². The van der Waals surface area contributed by atoms with Crippen LogP contribution in [0.4, 0.5) is 16.9 Å². The fraction of sp³-hybridized carbons (Fsp3) is 0.348. The number of β-lactam (4-membered cyclic amide) rings is 1. The minimum atomic E-state index is -1.27. The van der Waals surface area contributed by atoms with Crippen LogP contribution in [0.15, 0.2) is 39.0 Å². The van der Waals surface area contributed by atoms with Crippen molar-refractivity contribution < 1.29 is 24.3 Å². The molecular formula is C23H24ClN9O5S3. The average Bonchev–Trinajstić information content (AvgIpc) is 3.55. The van der Waals surface area contributed by atoms with E-state index in [2.05, 4.69) is 25.4 Å². The number of oxime groups is 1. The number of aliphatic carboxylic acids is 1. The van der Waals surface area contributed by atoms with Crippen LogP contribution < -0.4 is 22.5 Å². The molecule has 4 heterocycles. The van der Waals surface area contributed by atoms with Crippen molar-refractivity contribution in [2.75, 3.05) is 23.0 Å². The molecule has 1 saturated heterocycles. The molecule has 0 unspecified atom stereocenters. The number of carbonyl (C=O) groups excluding carboxylic acids is 2. The minimum Gasteiger partial charge on any atom is -0.477 e. The van der Waals surface area contributed by atoms with E-state index in [1.54, 1.807) is 11.5 Å². The van der Waals surface area contributed by atoms with Gasteiger partial charge in [0.05, 0.1) is 0 Å². The molecule has 0 spiro atoms. The summed E-state index contributed by atoms with van der Waals surface area (Å²) in [5.41, 5.74) is 17.1. The van der Waals surface area contributed by atoms with Crippen LogP contribution in [-0.4, -0.2) is 71.7 Å². The molecule has 1 saturated carbocycles. The van der Waals surface area contributed by atoms with Gasteiger partial charge in [-0.25, -0.2) is 14.8 Å². The Hall–Kier alpha value is -3.54. The molecule has 14 nitrogen and oxygen atoms in total. The Morgan fingerprint density at radius 3 is 2.66 bits per heavy atom. The number of hydrogen-bond acceptors (Lipinski definition) is 14. The van der Waals surface area contributed by atoms with Crippen molar-refractivity contribution in [2.45, 2.75) is 48.2 Å². The number of aromatic nitrogens is 3. The van der Waals surface area contributed by atoms with Gasteiger partial charge in [-0.05, 0) is 42.7 Å². The number of nitrogen functional groups attached to an aromatic ring is 3. The maximum Gasteiger partial charge on any atom is 0.352 e. The Labute approximate surface area is 250 Å². The molecule has 2 aliphatic heterocycles. The number of rotatable bonds is 9. The Kier molecular flexibility index (Phi) is 8.58. The van der Waals surface area contributed by atoms with Crippen molar-refractivity contribution in [2.24, 2.45) is 5.16 Å². The number of nitrogens with two attached hydrogens (primary N) is 3. The number of halogens is 1. The van der Waals surface area contributed by atoms with E-state index in [-0.39, 0.29) is 50.2 Å². The number of carboxylic acids is 1. The molecule has 2 fully saturated rings. The third-order valence-electron chi connectivity index (χ3n) is 6.32. The number of anilines is 3. The zero-order valence-corrected chi connectivity index (χ0v) is 24.4. The van der Waals surface area contributed by atoms with Crippen LogP contribution in [0.1, 0.15) is 31.4 Å². The number of hydrogen-bond donors (Lipinski definition) is 5. The van der Waals surface area contributed by atoms with Crippen LogP contribution in [0.5, 0.6) is 0 Å². The number of amides is 2. The Balaban J connectivity index is 1.32. The van der Waals surface area contributed by atoms with E-state index in [9.17, 15) is 19.5 Å². The lowest BCUT2D eigenvalue weighted by Gasteiger charge is -2.49. The Morgan fingerprint density at radius 2 is 2.00 bits per heavy atom. The first-order chi connectivity index (χ1) is 19.6. The number of carboxylic acid groups (broad SMARTS) is 1. The average molecular weight is 638 g/mol. The van der Waals surface area contributed by atoms with Gasteiger partial charge in [0.15, 0.2) is 10.8 Å². The molecule has 0 bridgehead atoms. The van der Waals surface area contributed by atoms with Crippen LogP contribution in [0.2, 0.25) is 4.34 Å². The number of nitrogens with one attached hydrogen (secondary N) is 1. The highest BCUT2D eigenvalue weighted by Crippen LogP contribution is 2.41. The Bertz CT molecular complexity index is 1470. The lowest BCUT2D eigenvalue weighted by Crippen LogP contribution is -2.71. The van der Waals surface area contributed by atoms with Crippen molar-refractivity contribution in [1.29, 1.82) is 0 Å². The van der Waals surface area contributed by atoms with Gasteiger partial charge in [-0.15, -0.1) is 11.8 Å². The van der Waals surface area contributed by atoms with E-state index in [1.165, 1.54) is 29.6 Å². The molecule has 18 heteroatoms. The number of thiazole rings is 1. The monoisotopic (exact) mass is 637 g/mol. The van der Waals surface area contributed by atoms with Gasteiger partial charge < -0.3 is 32.5 Å². The van der Waals surface area contributed by atoms with E-state index in [4.69, 9.17) is 33.6 Å². The predicted octanol–water partition coefficient (Wildman–Crippen LogP) is 2.04. The maximum atomic E-state index is 13.3. The highest BCUT2D eigenvalue weighted by molar-refractivity contribution is 8.02. The summed E-state index contributed by atoms with van der Waals surface area (Å²) in [5.74, 6) is -2.10. The lowest BCUT2D eigenvalue weighted by atomic mass is 10.0. The summed E-state index contributed by atoms with van der Waals surface area (Å²) >= 11 is 9.70. The first-order valence-electron chi connectivity index (χ1n) is 12.2. The third-order valence-corrected chi connectivity index (χ3v) is 9.43. The van der Waals surface area contributed by atoms with Gasteiger partial charge in [0.25, 0.3) is 11.8 Å². The van der Waals surface area contributed by atoms with Crippen LogP contribution in [0.25, 0.3) is 0 Å². The highest BCUT2D eigenvalue weighted by Gasteiger charge is 2.54. The summed E-state index contributed by atoms with van der Waals surface area (Å²) in [4.78, 5) is 57.4. The smallest absolute Gasteiger partial charge is 0.352 e. The fourth-order valence-corrected chi connectivity index (χ4v) is 7.42. The summed E-state index contributed by atoms with van der Waals surface area (Å²) in [6, 6.07) is 0.527. The number of thioether (sulfide) groups is 2. The second kappa shape index (κ2) is 12.1. The summed E-state index contributed by atoms with van der Waals surface area (Å²) < 4.78 is 0.151. The van der Waals surface area contributed by atoms with E-state index in [0.29, 0.717) is 10.6 Å². The molecule has 2 aromatic rings. The third kappa shape index (κ3) is 6.22. The molecule has 216 valence electrons. The normalized spacial score (nSPS) is 21.2. The number of nitrogens with zero attached hydrogens (tertiary/aromatic N) is 5. The largest absolute Gasteiger partial charge is 0.477 e. The second-order valence-corrected chi connectivity index (χ2v) is 12.7. The molecule has 2 atom stereocenters. The predicted molar refractivity (Wildman–Crippen MR) is 157 cm³/mol. The fourth-order valence-electron chi connectivity index (χ4n) is 4.46. The summed E-state index contributed by atoms with van der Waals surface area (Å²) in [6.07, 6.45) is 5.05. The number of carbonyl (C=O) groups is 3. The SMILES string of the molecule is Nc1cc(S/C=C/C2=C(C(=O)O)N3C(=O)[C@@H](NC(=O)/C(=N/OC4CCCC4)c4nc(N)sc4Cl)[C@H]3SC2)nc(N)n1. The maximum absolute atomic E-state index is 13.3. The lowest BCUT2D eigenvalue weighted by molar-refractivity contribution is -0.150. The van der Waals surface area contributed by atoms with Crippen LogP contribution >= 0.6 is 46.5 Å². The molecule has 1 aliphatic carbocycles. The van der Waals surface area contributed by atoms with Gasteiger partial charge in [-0.2, -0.15) is 4.98 Å². The van der Waals surface area contributed by atoms with Gasteiger partial charge in [0, 0.05) is 11.8 Å². The summed E-state index contributed by atoms with van der Waals surface area (Å²) in [7, 11) is 0. The topological polar surface area (TPSA) is 225 Å². The van der Waals surface area contributed by atoms with Gasteiger partial charge >= 0.3 is 5.97 Å². The molecule has 3 aliphatic rings. The van der Waals surface area contributed by atoms with E-state index >= 15 is 0 Å². The van der Waals surface area contributed by atoms with Crippen molar-refractivity contribution in [1.82, 2.24) is 25.2 Å². The molecule has 5 rings (SSSR count). The van der Waals surface area contributed by atoms with Gasteiger partial charge in [0.1, 0.15) is 44.1 Å². The van der Waals surface area contributed by atoms with E-state index in [1.807, 2.05) is 0 Å². The molecule has 41 heavy (non-hydrogen) atoms. The quantitative estimate of drug-likeness (QED) is 0.0873. The standard InChI is InChI=1S/C23H24ClN9O5S3/c24-17-13(31-23(27)41-17)14(32-38-10-3-1-2-4-10)18(34)30-15-19(35)33-16(21(36)37)9(8-40-20(15)33)5-6-39-12-7-11(25)28-22(26)29-12/h5-7,10,15,20H,1-4,8H2,(H2,27,31)(H,30,34)(H,36,37)(H4,25,26,28,29)/b6-5+,32-14+/t15-,20-/m1/s1. The number of allylic oxidation sites excluding steroid dienone is 1. The van der Waals surface area contributed by atoms with Crippen molar-refractivity contribution >= 4 is 86.9 Å². The molecule has 2 aromatic heterocycles. The van der Waals surface area contributed by atoms with Crippen LogP contribution in [-0.2, 0) is 19.2 Å². The first-order valence-corrected chi connectivity index (χ1v) is 15.4. The zero-order valence-electron chi connectivity index (χ0n) is 21.2. The molecular weight excluding hydrogens is 614 g/mol.